The summed E-state index contributed by atoms with van der Waals surface area (Å²) in [6.07, 6.45) is 20.5. The Morgan fingerprint density at radius 3 is 1.44 bits per heavy atom. The van der Waals surface area contributed by atoms with Crippen LogP contribution in [0.5, 0.6) is 0 Å². The zero-order chi connectivity index (χ0) is 27.2. The van der Waals surface area contributed by atoms with Gasteiger partial charge in [0.15, 0.2) is 0 Å². The largest absolute Gasteiger partial charge is 0.207 e. The second-order valence-corrected chi connectivity index (χ2v) is 13.4. The molecule has 2 aromatic rings. The zero-order valence-electron chi connectivity index (χ0n) is 24.7. The minimum atomic E-state index is 0.00574. The molecule has 0 radical (unpaired) electrons. The van der Waals surface area contributed by atoms with Crippen LogP contribution in [-0.2, 0) is 0 Å². The Bertz CT molecular complexity index is 1030. The van der Waals surface area contributed by atoms with Crippen LogP contribution in [0.2, 0.25) is 0 Å². The Labute approximate surface area is 237 Å². The highest BCUT2D eigenvalue weighted by Crippen LogP contribution is 2.44. The maximum absolute atomic E-state index is 15.4. The molecule has 39 heavy (non-hydrogen) atoms. The van der Waals surface area contributed by atoms with Crippen molar-refractivity contribution < 1.29 is 8.78 Å². The number of rotatable bonds is 9. The van der Waals surface area contributed by atoms with Crippen LogP contribution in [0.4, 0.5) is 8.78 Å². The van der Waals surface area contributed by atoms with E-state index in [1.54, 1.807) is 0 Å². The highest BCUT2D eigenvalue weighted by Gasteiger charge is 2.29. The van der Waals surface area contributed by atoms with E-state index in [-0.39, 0.29) is 11.6 Å². The Morgan fingerprint density at radius 1 is 0.538 bits per heavy atom. The van der Waals surface area contributed by atoms with Crippen molar-refractivity contribution in [3.05, 3.63) is 70.3 Å². The van der Waals surface area contributed by atoms with Gasteiger partial charge in [-0.25, -0.2) is 8.78 Å². The van der Waals surface area contributed by atoms with Crippen molar-refractivity contribution >= 4 is 0 Å². The summed E-state index contributed by atoms with van der Waals surface area (Å²) in [7, 11) is 0. The van der Waals surface area contributed by atoms with Gasteiger partial charge >= 0.3 is 0 Å². The van der Waals surface area contributed by atoms with Gasteiger partial charge in [0, 0.05) is 0 Å². The molecule has 2 heteroatoms. The topological polar surface area (TPSA) is 0 Å². The molecule has 0 amide bonds. The molecule has 0 N–H and O–H groups in total. The van der Waals surface area contributed by atoms with Crippen molar-refractivity contribution in [1.29, 1.82) is 0 Å². The minimum Gasteiger partial charge on any atom is -0.207 e. The molecule has 0 aliphatic heterocycles. The molecule has 2 aromatic carbocycles. The van der Waals surface area contributed by atoms with Crippen LogP contribution in [0.3, 0.4) is 0 Å². The van der Waals surface area contributed by atoms with Gasteiger partial charge in [0.2, 0.25) is 0 Å². The number of halogens is 2. The Morgan fingerprint density at radius 2 is 0.974 bits per heavy atom. The average molecular weight is 535 g/mol. The second kappa shape index (κ2) is 13.8. The van der Waals surface area contributed by atoms with Gasteiger partial charge in [-0.15, -0.1) is 0 Å². The predicted molar refractivity (Wildman–Crippen MR) is 161 cm³/mol. The van der Waals surface area contributed by atoms with Gasteiger partial charge in [-0.3, -0.25) is 0 Å². The Kier molecular flexibility index (Phi) is 10.2. The lowest BCUT2D eigenvalue weighted by Gasteiger charge is -2.31. The van der Waals surface area contributed by atoms with Crippen LogP contribution in [0.25, 0.3) is 0 Å². The standard InChI is InChI=1S/C37H52F2/c1-3-5-6-7-27-10-12-28(13-11-27)32-20-23-35(37(39)24-32)31-18-16-29(17-19-31)33-21-22-34(36(38)25-33)30-14-8-26(4-2)9-15-30/h20-31H,3-19H2,1-2H3. The van der Waals surface area contributed by atoms with Crippen LogP contribution < -0.4 is 0 Å². The molecular formula is C37H52F2. The van der Waals surface area contributed by atoms with Crippen LogP contribution in [0, 0.1) is 23.5 Å². The molecule has 3 aliphatic carbocycles. The number of benzene rings is 2. The van der Waals surface area contributed by atoms with Crippen molar-refractivity contribution in [1.82, 2.24) is 0 Å². The minimum absolute atomic E-state index is 0.00574. The molecule has 0 spiro atoms. The van der Waals surface area contributed by atoms with Gasteiger partial charge in [0.05, 0.1) is 0 Å². The molecule has 0 nitrogen and oxygen atoms in total. The summed E-state index contributed by atoms with van der Waals surface area (Å²) in [6, 6.07) is 12.3. The third-order valence-corrected chi connectivity index (χ3v) is 11.1. The third-order valence-electron chi connectivity index (χ3n) is 11.1. The summed E-state index contributed by atoms with van der Waals surface area (Å²) in [4.78, 5) is 0. The van der Waals surface area contributed by atoms with Crippen molar-refractivity contribution in [3.63, 3.8) is 0 Å². The SMILES string of the molecule is CCCCCC1CCC(c2ccc(C3CCC(c4ccc(C5CCC(CC)CC5)c(F)c4)CC3)c(F)c2)CC1. The summed E-state index contributed by atoms with van der Waals surface area (Å²) in [5.74, 6) is 3.35. The Hall–Kier alpha value is -1.70. The van der Waals surface area contributed by atoms with Gasteiger partial charge in [0.1, 0.15) is 11.6 Å². The van der Waals surface area contributed by atoms with Crippen LogP contribution in [0.15, 0.2) is 36.4 Å². The lowest BCUT2D eigenvalue weighted by molar-refractivity contribution is 0.302. The predicted octanol–water partition coefficient (Wildman–Crippen LogP) is 11.9. The first-order valence-corrected chi connectivity index (χ1v) is 16.6. The summed E-state index contributed by atoms with van der Waals surface area (Å²) >= 11 is 0. The van der Waals surface area contributed by atoms with Gasteiger partial charge in [0.25, 0.3) is 0 Å². The highest BCUT2D eigenvalue weighted by atomic mass is 19.1. The molecule has 0 atom stereocenters. The van der Waals surface area contributed by atoms with Crippen molar-refractivity contribution in [2.75, 3.05) is 0 Å². The maximum atomic E-state index is 15.4. The van der Waals surface area contributed by atoms with Crippen LogP contribution in [-0.4, -0.2) is 0 Å². The van der Waals surface area contributed by atoms with Gasteiger partial charge in [-0.2, -0.15) is 0 Å². The highest BCUT2D eigenvalue weighted by molar-refractivity contribution is 5.32. The van der Waals surface area contributed by atoms with E-state index in [1.807, 2.05) is 12.1 Å². The van der Waals surface area contributed by atoms with E-state index in [4.69, 9.17) is 0 Å². The first kappa shape index (κ1) is 28.8. The first-order chi connectivity index (χ1) is 19.1. The first-order valence-electron chi connectivity index (χ1n) is 16.6. The fraction of sp³-hybridized carbons (Fsp3) is 0.676. The van der Waals surface area contributed by atoms with Gasteiger partial charge in [-0.05, 0) is 147 Å². The summed E-state index contributed by atoms with van der Waals surface area (Å²) < 4.78 is 30.6. The molecule has 3 aliphatic rings. The fourth-order valence-corrected chi connectivity index (χ4v) is 8.34. The van der Waals surface area contributed by atoms with E-state index in [0.29, 0.717) is 23.7 Å². The normalized spacial score (nSPS) is 29.8. The fourth-order valence-electron chi connectivity index (χ4n) is 8.34. The zero-order valence-corrected chi connectivity index (χ0v) is 24.7. The van der Waals surface area contributed by atoms with E-state index in [9.17, 15) is 0 Å². The molecule has 214 valence electrons. The molecular weight excluding hydrogens is 482 g/mol. The monoisotopic (exact) mass is 534 g/mol. The second-order valence-electron chi connectivity index (χ2n) is 13.4. The van der Waals surface area contributed by atoms with Crippen LogP contribution >= 0.6 is 0 Å². The number of hydrogen-bond acceptors (Lipinski definition) is 0. The van der Waals surface area contributed by atoms with Crippen molar-refractivity contribution in [3.8, 4) is 0 Å². The average Bonchev–Trinajstić information content (AvgIpc) is 2.98. The Balaban J connectivity index is 1.13. The van der Waals surface area contributed by atoms with Crippen molar-refractivity contribution in [2.45, 2.75) is 147 Å². The molecule has 0 aromatic heterocycles. The van der Waals surface area contributed by atoms with Gasteiger partial charge in [-0.1, -0.05) is 70.2 Å². The van der Waals surface area contributed by atoms with Crippen LogP contribution in [0.1, 0.15) is 169 Å². The molecule has 3 fully saturated rings. The lowest BCUT2D eigenvalue weighted by atomic mass is 9.74. The third kappa shape index (κ3) is 7.15. The molecule has 0 bridgehead atoms. The number of unbranched alkanes of at least 4 members (excludes halogenated alkanes) is 2. The molecule has 5 rings (SSSR count). The quantitative estimate of drug-likeness (QED) is 0.281. The van der Waals surface area contributed by atoms with E-state index in [0.717, 1.165) is 67.1 Å². The van der Waals surface area contributed by atoms with Crippen molar-refractivity contribution in [2.24, 2.45) is 11.8 Å². The molecule has 0 saturated heterocycles. The molecule has 0 heterocycles. The molecule has 3 saturated carbocycles. The summed E-state index contributed by atoms with van der Waals surface area (Å²) in [5.41, 5.74) is 4.22. The molecule has 0 unspecified atom stereocenters. The van der Waals surface area contributed by atoms with E-state index in [1.165, 1.54) is 76.2 Å². The lowest BCUT2D eigenvalue weighted by Crippen LogP contribution is -2.16. The van der Waals surface area contributed by atoms with E-state index >= 15 is 8.78 Å². The summed E-state index contributed by atoms with van der Waals surface area (Å²) in [5, 5.41) is 0. The van der Waals surface area contributed by atoms with E-state index in [2.05, 4.69) is 38.1 Å². The number of hydrogen-bond donors (Lipinski definition) is 0. The smallest absolute Gasteiger partial charge is 0.126 e. The summed E-state index contributed by atoms with van der Waals surface area (Å²) in [6.45, 7) is 4.55. The van der Waals surface area contributed by atoms with E-state index < -0.39 is 0 Å². The maximum Gasteiger partial charge on any atom is 0.126 e. The van der Waals surface area contributed by atoms with Gasteiger partial charge < -0.3 is 0 Å².